The predicted molar refractivity (Wildman–Crippen MR) is 204 cm³/mol. The fourth-order valence-electron chi connectivity index (χ4n) is 7.68. The van der Waals surface area contributed by atoms with Crippen LogP contribution in [0.4, 0.5) is 0 Å². The molecule has 0 saturated carbocycles. The third-order valence-corrected chi connectivity index (χ3v) is 11.6. The number of fused-ring (bicyclic) bond motifs is 6. The fraction of sp³-hybridized carbons (Fsp3) is 0.116. The fourth-order valence-corrected chi connectivity index (χ4v) is 9.35. The number of allylic oxidation sites excluding steroid dienone is 2. The molecule has 2 heteroatoms. The molecule has 7 aromatic rings. The molecular weight excluding hydrogens is 581 g/mol. The molecule has 0 N–H and O–H groups in total. The quantitative estimate of drug-likeness (QED) is 0.148. The van der Waals surface area contributed by atoms with Gasteiger partial charge in [0.2, 0.25) is 0 Å². The van der Waals surface area contributed by atoms with E-state index in [0.29, 0.717) is 0 Å². The highest BCUT2D eigenvalue weighted by Crippen LogP contribution is 2.52. The van der Waals surface area contributed by atoms with Gasteiger partial charge in [0.1, 0.15) is 0 Å². The van der Waals surface area contributed by atoms with E-state index < -0.39 is 0 Å². The van der Waals surface area contributed by atoms with Crippen molar-refractivity contribution in [2.24, 2.45) is 0 Å². The SMILES string of the molecule is C=Cc1sc2c(S)c(-c3c4c(c(-c5cc6ccccc6c6ccccc56)c5ccccc35)CCC=C4)c(C)c(C)c2c1/C=C\C. The number of thiol groups is 1. The minimum absolute atomic E-state index is 1.01. The first-order valence-electron chi connectivity index (χ1n) is 15.7. The molecule has 0 atom stereocenters. The van der Waals surface area contributed by atoms with E-state index in [0.717, 1.165) is 17.7 Å². The van der Waals surface area contributed by atoms with Crippen molar-refractivity contribution in [3.8, 4) is 22.3 Å². The van der Waals surface area contributed by atoms with Gasteiger partial charge in [-0.05, 0) is 111 Å². The zero-order chi connectivity index (χ0) is 30.8. The second-order valence-corrected chi connectivity index (χ2v) is 13.6. The molecule has 1 heterocycles. The molecule has 0 radical (unpaired) electrons. The molecular formula is C43H34S2. The summed E-state index contributed by atoms with van der Waals surface area (Å²) in [7, 11) is 0. The lowest BCUT2D eigenvalue weighted by molar-refractivity contribution is 0.991. The second kappa shape index (κ2) is 10.9. The van der Waals surface area contributed by atoms with Crippen molar-refractivity contribution < 1.29 is 0 Å². The normalized spacial score (nSPS) is 13.1. The standard InChI is InChI=1S/C43H34S2/c1-5-15-35-37(6-2)45-43-38(35)25(3)26(4)39(42(43)44)41-33-22-13-11-20-31(33)40(32-21-12-14-23-34(32)41)36-24-27-16-7-8-17-28(27)29-18-9-10-19-30(29)36/h5-11,13-20,22-24,44H,2,12,21H2,1,3-4H3/b15-5-. The first kappa shape index (κ1) is 28.1. The molecule has 0 amide bonds. The molecule has 0 fully saturated rings. The molecule has 8 rings (SSSR count). The van der Waals surface area contributed by atoms with E-state index in [9.17, 15) is 0 Å². The molecule has 1 aliphatic rings. The summed E-state index contributed by atoms with van der Waals surface area (Å²) in [6.07, 6.45) is 13.1. The van der Waals surface area contributed by atoms with E-state index in [4.69, 9.17) is 12.6 Å². The number of aryl methyl sites for hydroxylation is 1. The number of hydrogen-bond acceptors (Lipinski definition) is 2. The van der Waals surface area contributed by atoms with Crippen molar-refractivity contribution in [2.75, 3.05) is 0 Å². The monoisotopic (exact) mass is 614 g/mol. The lowest BCUT2D eigenvalue weighted by Crippen LogP contribution is -2.04. The highest BCUT2D eigenvalue weighted by molar-refractivity contribution is 7.81. The van der Waals surface area contributed by atoms with Gasteiger partial charge in [-0.1, -0.05) is 110 Å². The molecule has 0 spiro atoms. The van der Waals surface area contributed by atoms with Crippen molar-refractivity contribution in [3.05, 3.63) is 130 Å². The van der Waals surface area contributed by atoms with Crippen LogP contribution < -0.4 is 0 Å². The lowest BCUT2D eigenvalue weighted by Gasteiger charge is -2.26. The van der Waals surface area contributed by atoms with Gasteiger partial charge in [0.05, 0.1) is 0 Å². The Morgan fingerprint density at radius 2 is 1.44 bits per heavy atom. The zero-order valence-corrected chi connectivity index (χ0v) is 27.6. The molecule has 218 valence electrons. The molecule has 0 saturated heterocycles. The molecule has 0 bridgehead atoms. The molecule has 1 aliphatic carbocycles. The molecule has 6 aromatic carbocycles. The van der Waals surface area contributed by atoms with Crippen LogP contribution in [0.25, 0.3) is 82.9 Å². The summed E-state index contributed by atoms with van der Waals surface area (Å²) in [6, 6.07) is 29.2. The molecule has 1 aromatic heterocycles. The number of rotatable bonds is 4. The Morgan fingerprint density at radius 1 is 0.778 bits per heavy atom. The van der Waals surface area contributed by atoms with Gasteiger partial charge < -0.3 is 0 Å². The predicted octanol–water partition coefficient (Wildman–Crippen LogP) is 13.2. The van der Waals surface area contributed by atoms with Crippen LogP contribution in [-0.2, 0) is 6.42 Å². The topological polar surface area (TPSA) is 0 Å². The summed E-state index contributed by atoms with van der Waals surface area (Å²) in [4.78, 5) is 2.26. The molecule has 0 nitrogen and oxygen atoms in total. The average Bonchev–Trinajstić information content (AvgIpc) is 3.45. The summed E-state index contributed by atoms with van der Waals surface area (Å²) in [5.74, 6) is 0. The highest BCUT2D eigenvalue weighted by atomic mass is 32.1. The molecule has 45 heavy (non-hydrogen) atoms. The van der Waals surface area contributed by atoms with E-state index in [1.165, 1.54) is 97.4 Å². The van der Waals surface area contributed by atoms with Gasteiger partial charge >= 0.3 is 0 Å². The van der Waals surface area contributed by atoms with Gasteiger partial charge in [0, 0.05) is 31.0 Å². The van der Waals surface area contributed by atoms with Crippen molar-refractivity contribution in [1.29, 1.82) is 0 Å². The van der Waals surface area contributed by atoms with Crippen LogP contribution in [-0.4, -0.2) is 0 Å². The summed E-state index contributed by atoms with van der Waals surface area (Å²) in [6.45, 7) is 10.8. The number of hydrogen-bond donors (Lipinski definition) is 1. The van der Waals surface area contributed by atoms with Gasteiger partial charge in [-0.2, -0.15) is 0 Å². The Morgan fingerprint density at radius 3 is 2.18 bits per heavy atom. The summed E-state index contributed by atoms with van der Waals surface area (Å²) < 4.78 is 1.24. The minimum atomic E-state index is 1.01. The lowest BCUT2D eigenvalue weighted by atomic mass is 9.78. The number of thiophene rings is 1. The van der Waals surface area contributed by atoms with Gasteiger partial charge in [-0.15, -0.1) is 24.0 Å². The summed E-state index contributed by atoms with van der Waals surface area (Å²) in [5.41, 5.74) is 11.9. The zero-order valence-electron chi connectivity index (χ0n) is 25.9. The van der Waals surface area contributed by atoms with E-state index in [1.54, 1.807) is 11.3 Å². The van der Waals surface area contributed by atoms with Gasteiger partial charge in [-0.25, -0.2) is 0 Å². The van der Waals surface area contributed by atoms with Crippen molar-refractivity contribution in [3.63, 3.8) is 0 Å². The maximum absolute atomic E-state index is 5.37. The summed E-state index contributed by atoms with van der Waals surface area (Å²) in [5, 5.41) is 9.08. The Kier molecular flexibility index (Phi) is 6.82. The first-order valence-corrected chi connectivity index (χ1v) is 17.0. The third kappa shape index (κ3) is 4.13. The molecule has 0 aliphatic heterocycles. The largest absolute Gasteiger partial charge is 0.141 e. The first-order chi connectivity index (χ1) is 22.0. The van der Waals surface area contributed by atoms with Crippen molar-refractivity contribution in [2.45, 2.75) is 38.5 Å². The van der Waals surface area contributed by atoms with Crippen molar-refractivity contribution in [1.82, 2.24) is 0 Å². The summed E-state index contributed by atoms with van der Waals surface area (Å²) >= 11 is 7.17. The smallest absolute Gasteiger partial charge is 0.0497 e. The van der Waals surface area contributed by atoms with E-state index in [-0.39, 0.29) is 0 Å². The van der Waals surface area contributed by atoms with Crippen LogP contribution in [0.5, 0.6) is 0 Å². The Balaban J connectivity index is 1.54. The van der Waals surface area contributed by atoms with Crippen LogP contribution in [0.2, 0.25) is 0 Å². The number of benzene rings is 6. The van der Waals surface area contributed by atoms with Crippen LogP contribution in [0.1, 0.15) is 46.0 Å². The van der Waals surface area contributed by atoms with Crippen LogP contribution >= 0.6 is 24.0 Å². The second-order valence-electron chi connectivity index (χ2n) is 12.1. The Labute approximate surface area is 274 Å². The van der Waals surface area contributed by atoms with E-state index in [2.05, 4.69) is 131 Å². The van der Waals surface area contributed by atoms with Crippen LogP contribution in [0.15, 0.2) is 102 Å². The maximum atomic E-state index is 5.37. The highest BCUT2D eigenvalue weighted by Gasteiger charge is 2.27. The van der Waals surface area contributed by atoms with Gasteiger partial charge in [0.25, 0.3) is 0 Å². The van der Waals surface area contributed by atoms with E-state index >= 15 is 0 Å². The van der Waals surface area contributed by atoms with E-state index in [1.807, 2.05) is 6.08 Å². The third-order valence-electron chi connectivity index (χ3n) is 9.75. The Hall–Kier alpha value is -4.37. The molecule has 0 unspecified atom stereocenters. The van der Waals surface area contributed by atoms with Crippen LogP contribution in [0.3, 0.4) is 0 Å². The Bertz CT molecular complexity index is 2430. The van der Waals surface area contributed by atoms with Gasteiger partial charge in [0.15, 0.2) is 0 Å². The minimum Gasteiger partial charge on any atom is -0.141 e. The van der Waals surface area contributed by atoms with Gasteiger partial charge in [-0.3, -0.25) is 0 Å². The maximum Gasteiger partial charge on any atom is 0.0497 e. The van der Waals surface area contributed by atoms with Crippen molar-refractivity contribution >= 4 is 84.6 Å². The van der Waals surface area contributed by atoms with Crippen LogP contribution in [0, 0.1) is 13.8 Å². The average molecular weight is 615 g/mol.